The Hall–Kier alpha value is -3.10. The number of alkyl carbamates (subject to hydrolysis) is 1. The van der Waals surface area contributed by atoms with Crippen LogP contribution in [0, 0.1) is 12.8 Å². The van der Waals surface area contributed by atoms with Gasteiger partial charge in [0.1, 0.15) is 6.54 Å². The van der Waals surface area contributed by atoms with Crippen LogP contribution in [0.15, 0.2) is 29.3 Å². The summed E-state index contributed by atoms with van der Waals surface area (Å²) in [7, 11) is 0. The van der Waals surface area contributed by atoms with E-state index in [-0.39, 0.29) is 37.5 Å². The highest BCUT2D eigenvalue weighted by atomic mass is 16.5. The van der Waals surface area contributed by atoms with Crippen LogP contribution in [0.25, 0.3) is 0 Å². The summed E-state index contributed by atoms with van der Waals surface area (Å²) in [5.41, 5.74) is 4.47. The molecule has 29 heavy (non-hydrogen) atoms. The van der Waals surface area contributed by atoms with E-state index >= 15 is 0 Å². The number of aryl methyl sites for hydroxylation is 1. The number of anilines is 1. The second kappa shape index (κ2) is 10.4. The van der Waals surface area contributed by atoms with Gasteiger partial charge < -0.3 is 15.4 Å². The summed E-state index contributed by atoms with van der Waals surface area (Å²) < 4.78 is 4.92. The monoisotopic (exact) mass is 403 g/mol. The van der Waals surface area contributed by atoms with Crippen LogP contribution in [-0.4, -0.2) is 49.5 Å². The van der Waals surface area contributed by atoms with Gasteiger partial charge in [-0.15, -0.1) is 0 Å². The summed E-state index contributed by atoms with van der Waals surface area (Å²) in [6, 6.07) is 7.07. The Bertz CT molecular complexity index is 761. The third-order valence-electron chi connectivity index (χ3n) is 4.21. The van der Waals surface area contributed by atoms with Crippen molar-refractivity contribution in [3.05, 3.63) is 29.8 Å². The Morgan fingerprint density at radius 2 is 1.97 bits per heavy atom. The van der Waals surface area contributed by atoms with Crippen LogP contribution in [0.2, 0.25) is 0 Å². The molecule has 0 aromatic heterocycles. The molecule has 0 fully saturated rings. The molecular formula is C20H29N5O4. The Balaban J connectivity index is 1.98. The van der Waals surface area contributed by atoms with E-state index in [0.717, 1.165) is 5.56 Å². The minimum Gasteiger partial charge on any atom is -0.450 e. The summed E-state index contributed by atoms with van der Waals surface area (Å²) in [4.78, 5) is 40.5. The number of hydrazine groups is 1. The number of amides is 3. The third-order valence-corrected chi connectivity index (χ3v) is 4.21. The largest absolute Gasteiger partial charge is 0.450 e. The molecule has 0 aliphatic carbocycles. The minimum absolute atomic E-state index is 0.0459. The first-order chi connectivity index (χ1) is 13.8. The maximum atomic E-state index is 12.6. The van der Waals surface area contributed by atoms with Crippen LogP contribution in [0.4, 0.5) is 10.5 Å². The first-order valence-corrected chi connectivity index (χ1v) is 9.72. The van der Waals surface area contributed by atoms with Gasteiger partial charge in [-0.25, -0.2) is 9.80 Å². The van der Waals surface area contributed by atoms with Crippen molar-refractivity contribution in [3.63, 3.8) is 0 Å². The van der Waals surface area contributed by atoms with Crippen molar-refractivity contribution >= 4 is 29.4 Å². The van der Waals surface area contributed by atoms with Crippen LogP contribution in [-0.2, 0) is 14.3 Å². The van der Waals surface area contributed by atoms with Crippen LogP contribution in [0.5, 0.6) is 0 Å². The smallest absolute Gasteiger partial charge is 0.407 e. The van der Waals surface area contributed by atoms with E-state index in [1.807, 2.05) is 32.9 Å². The number of rotatable bonds is 8. The van der Waals surface area contributed by atoms with Crippen molar-refractivity contribution < 1.29 is 19.1 Å². The molecule has 0 bridgehead atoms. The number of hydrogen-bond acceptors (Lipinski definition) is 6. The van der Waals surface area contributed by atoms with Gasteiger partial charge in [0.05, 0.1) is 12.3 Å². The van der Waals surface area contributed by atoms with Gasteiger partial charge >= 0.3 is 6.09 Å². The maximum absolute atomic E-state index is 12.6. The minimum atomic E-state index is -0.517. The summed E-state index contributed by atoms with van der Waals surface area (Å²) in [5, 5.41) is 6.82. The zero-order valence-corrected chi connectivity index (χ0v) is 17.3. The van der Waals surface area contributed by atoms with Crippen molar-refractivity contribution in [2.75, 3.05) is 24.7 Å². The van der Waals surface area contributed by atoms with Crippen LogP contribution >= 0.6 is 0 Å². The number of aliphatic imine (C=N–C) groups is 1. The van der Waals surface area contributed by atoms with Gasteiger partial charge in [0.2, 0.25) is 5.84 Å². The molecular weight excluding hydrogens is 374 g/mol. The summed E-state index contributed by atoms with van der Waals surface area (Å²) in [6.45, 7) is 8.10. The highest BCUT2D eigenvalue weighted by Crippen LogP contribution is 2.15. The molecule has 2 rings (SSSR count). The zero-order chi connectivity index (χ0) is 21.4. The number of nitrogens with one attached hydrogen (secondary N) is 3. The molecule has 158 valence electrons. The number of amidine groups is 1. The molecule has 1 aliphatic rings. The summed E-state index contributed by atoms with van der Waals surface area (Å²) in [6.07, 6.45) is 0.157. The topological polar surface area (TPSA) is 112 Å². The highest BCUT2D eigenvalue weighted by Gasteiger charge is 2.26. The van der Waals surface area contributed by atoms with E-state index in [1.54, 1.807) is 19.1 Å². The van der Waals surface area contributed by atoms with E-state index in [9.17, 15) is 14.4 Å². The summed E-state index contributed by atoms with van der Waals surface area (Å²) in [5.74, 6) is -0.343. The SMILES string of the molecule is CCOC(=O)NC(CNC(=O)C1=NCC(=O)N(c2ccc(C)cc2)N1)CC(C)C. The predicted octanol–water partition coefficient (Wildman–Crippen LogP) is 1.52. The van der Waals surface area contributed by atoms with Crippen LogP contribution in [0.1, 0.15) is 32.8 Å². The molecule has 1 unspecified atom stereocenters. The molecule has 1 heterocycles. The molecule has 0 radical (unpaired) electrons. The number of hydrogen-bond donors (Lipinski definition) is 3. The van der Waals surface area contributed by atoms with Gasteiger partial charge in [0.25, 0.3) is 11.8 Å². The zero-order valence-electron chi connectivity index (χ0n) is 17.3. The van der Waals surface area contributed by atoms with Crippen molar-refractivity contribution in [3.8, 4) is 0 Å². The van der Waals surface area contributed by atoms with Gasteiger partial charge in [-0.3, -0.25) is 20.0 Å². The number of benzene rings is 1. The van der Waals surface area contributed by atoms with E-state index < -0.39 is 12.0 Å². The fourth-order valence-corrected chi connectivity index (χ4v) is 2.85. The van der Waals surface area contributed by atoms with Crippen molar-refractivity contribution in [1.29, 1.82) is 0 Å². The molecule has 1 aromatic rings. The van der Waals surface area contributed by atoms with Gasteiger partial charge in [-0.1, -0.05) is 31.5 Å². The quantitative estimate of drug-likeness (QED) is 0.609. The molecule has 9 heteroatoms. The van der Waals surface area contributed by atoms with Crippen molar-refractivity contribution in [1.82, 2.24) is 16.1 Å². The van der Waals surface area contributed by atoms with Gasteiger partial charge in [-0.05, 0) is 38.3 Å². The number of ether oxygens (including phenoxy) is 1. The summed E-state index contributed by atoms with van der Waals surface area (Å²) >= 11 is 0. The van der Waals surface area contributed by atoms with Crippen molar-refractivity contribution in [2.45, 2.75) is 40.2 Å². The third kappa shape index (κ3) is 6.78. The van der Waals surface area contributed by atoms with E-state index in [2.05, 4.69) is 21.1 Å². The average Bonchev–Trinajstić information content (AvgIpc) is 2.67. The molecule has 0 saturated heterocycles. The first-order valence-electron chi connectivity index (χ1n) is 9.72. The van der Waals surface area contributed by atoms with E-state index in [4.69, 9.17) is 4.74 Å². The average molecular weight is 403 g/mol. The number of carbonyl (C=O) groups is 3. The maximum Gasteiger partial charge on any atom is 0.407 e. The lowest BCUT2D eigenvalue weighted by Crippen LogP contribution is -2.56. The van der Waals surface area contributed by atoms with E-state index in [1.165, 1.54) is 5.01 Å². The Kier molecular flexibility index (Phi) is 7.99. The lowest BCUT2D eigenvalue weighted by Gasteiger charge is -2.28. The Labute approximate surface area is 170 Å². The lowest BCUT2D eigenvalue weighted by molar-refractivity contribution is -0.118. The van der Waals surface area contributed by atoms with Gasteiger partial charge in [0, 0.05) is 12.6 Å². The van der Waals surface area contributed by atoms with Crippen LogP contribution in [0.3, 0.4) is 0 Å². The molecule has 9 nitrogen and oxygen atoms in total. The van der Waals surface area contributed by atoms with Gasteiger partial charge in [-0.2, -0.15) is 0 Å². The van der Waals surface area contributed by atoms with Crippen molar-refractivity contribution in [2.24, 2.45) is 10.9 Å². The fraction of sp³-hybridized carbons (Fsp3) is 0.500. The molecule has 0 spiro atoms. The molecule has 3 N–H and O–H groups in total. The molecule has 1 aromatic carbocycles. The molecule has 3 amide bonds. The lowest BCUT2D eigenvalue weighted by atomic mass is 10.0. The number of carbonyl (C=O) groups excluding carboxylic acids is 3. The highest BCUT2D eigenvalue weighted by molar-refractivity contribution is 6.39. The predicted molar refractivity (Wildman–Crippen MR) is 111 cm³/mol. The normalized spacial score (nSPS) is 14.7. The Morgan fingerprint density at radius 1 is 1.28 bits per heavy atom. The molecule has 0 saturated carbocycles. The Morgan fingerprint density at radius 3 is 2.59 bits per heavy atom. The second-order valence-corrected chi connectivity index (χ2v) is 7.24. The standard InChI is InChI=1S/C20H29N5O4/c1-5-29-20(28)23-15(10-13(2)3)11-22-19(27)18-21-12-17(26)25(24-18)16-8-6-14(4)7-9-16/h6-9,13,15H,5,10-12H2,1-4H3,(H,21,24)(H,22,27)(H,23,28). The molecule has 1 atom stereocenters. The van der Waals surface area contributed by atoms with Crippen LogP contribution < -0.4 is 21.1 Å². The number of nitrogens with zero attached hydrogens (tertiary/aromatic N) is 2. The second-order valence-electron chi connectivity index (χ2n) is 7.24. The fourth-order valence-electron chi connectivity index (χ4n) is 2.85. The van der Waals surface area contributed by atoms with Gasteiger partial charge in [0.15, 0.2) is 0 Å². The molecule has 1 aliphatic heterocycles. The van der Waals surface area contributed by atoms with E-state index in [0.29, 0.717) is 18.0 Å². The first kappa shape index (κ1) is 22.2.